The van der Waals surface area contributed by atoms with Crippen LogP contribution in [0.5, 0.6) is 11.5 Å². The number of methoxy groups -OCH3 is 1. The molecule has 0 saturated heterocycles. The Hall–Kier alpha value is -3.53. The van der Waals surface area contributed by atoms with Gasteiger partial charge in [0.2, 0.25) is 0 Å². The van der Waals surface area contributed by atoms with Crippen molar-refractivity contribution in [2.45, 2.75) is 69.7 Å². The molecule has 0 bridgehead atoms. The van der Waals surface area contributed by atoms with Crippen LogP contribution in [0, 0.1) is 0 Å². The lowest BCUT2D eigenvalue weighted by Gasteiger charge is -2.41. The van der Waals surface area contributed by atoms with Crippen molar-refractivity contribution in [1.82, 2.24) is 14.9 Å². The van der Waals surface area contributed by atoms with Crippen molar-refractivity contribution in [3.8, 4) is 11.5 Å². The smallest absolute Gasteiger partial charge is 0.321 e. The summed E-state index contributed by atoms with van der Waals surface area (Å²) in [5.74, 6) is -0.0274. The van der Waals surface area contributed by atoms with E-state index in [1.54, 1.807) is 36.7 Å². The standard InChI is InChI=1S/C29H33N3O6/c1-36-25-12-11-20-17-32(28(33)26(19-7-3-2-4-8-19)38-22-9-5-6-10-22)24(29(34)35)15-23(20)27(25)37-18-21-16-30-13-14-31-21/h2-4,7-8,11-14,16,22,24,26,28,33H,5-6,9-10,15,17-18H2,1H3,(H,34,35)/t24-,26+,28?/m0/s1. The molecule has 3 aromatic rings. The maximum Gasteiger partial charge on any atom is 0.321 e. The molecule has 9 heteroatoms. The predicted octanol–water partition coefficient (Wildman–Crippen LogP) is 3.89. The molecule has 0 radical (unpaired) electrons. The molecule has 38 heavy (non-hydrogen) atoms. The lowest BCUT2D eigenvalue weighted by molar-refractivity contribution is -0.170. The van der Waals surface area contributed by atoms with Gasteiger partial charge in [-0.05, 0) is 30.0 Å². The van der Waals surface area contributed by atoms with Crippen LogP contribution in [-0.4, -0.2) is 56.5 Å². The average Bonchev–Trinajstić information content (AvgIpc) is 3.48. The van der Waals surface area contributed by atoms with Gasteiger partial charge in [0.15, 0.2) is 11.5 Å². The van der Waals surface area contributed by atoms with Crippen LogP contribution in [0.2, 0.25) is 0 Å². The van der Waals surface area contributed by atoms with E-state index in [0.29, 0.717) is 17.2 Å². The zero-order valence-electron chi connectivity index (χ0n) is 21.4. The van der Waals surface area contributed by atoms with Gasteiger partial charge in [-0.1, -0.05) is 49.2 Å². The summed E-state index contributed by atoms with van der Waals surface area (Å²) in [4.78, 5) is 22.5. The minimum absolute atomic E-state index is 0.0422. The second-order valence-corrected chi connectivity index (χ2v) is 9.74. The van der Waals surface area contributed by atoms with Crippen molar-refractivity contribution < 1.29 is 29.2 Å². The van der Waals surface area contributed by atoms with E-state index < -0.39 is 24.3 Å². The van der Waals surface area contributed by atoms with Crippen LogP contribution in [0.3, 0.4) is 0 Å². The van der Waals surface area contributed by atoms with Gasteiger partial charge in [-0.3, -0.25) is 19.7 Å². The molecule has 2 aliphatic rings. The van der Waals surface area contributed by atoms with E-state index in [2.05, 4.69) is 9.97 Å². The minimum Gasteiger partial charge on any atom is -0.493 e. The quantitative estimate of drug-likeness (QED) is 0.412. The first-order chi connectivity index (χ1) is 18.5. The van der Waals surface area contributed by atoms with Crippen molar-refractivity contribution in [2.75, 3.05) is 7.11 Å². The number of aromatic nitrogens is 2. The Morgan fingerprint density at radius 3 is 2.61 bits per heavy atom. The molecular formula is C29H33N3O6. The number of aliphatic carboxylic acids is 1. The number of carbonyl (C=O) groups is 1. The first kappa shape index (κ1) is 26.1. The van der Waals surface area contributed by atoms with Crippen molar-refractivity contribution in [2.24, 2.45) is 0 Å². The van der Waals surface area contributed by atoms with E-state index in [0.717, 1.165) is 42.4 Å². The van der Waals surface area contributed by atoms with Crippen molar-refractivity contribution in [3.05, 3.63) is 83.4 Å². The third-order valence-corrected chi connectivity index (χ3v) is 7.34. The average molecular weight is 520 g/mol. The zero-order valence-corrected chi connectivity index (χ0v) is 21.4. The van der Waals surface area contributed by atoms with Gasteiger partial charge in [-0.25, -0.2) is 0 Å². The molecule has 2 aromatic carbocycles. The molecule has 0 amide bonds. The Bertz CT molecular complexity index is 1220. The van der Waals surface area contributed by atoms with Crippen molar-refractivity contribution in [1.29, 1.82) is 0 Å². The Labute approximate surface area is 222 Å². The van der Waals surface area contributed by atoms with Gasteiger partial charge in [0.05, 0.1) is 25.1 Å². The molecule has 9 nitrogen and oxygen atoms in total. The molecule has 0 spiro atoms. The highest BCUT2D eigenvalue weighted by molar-refractivity contribution is 5.75. The second kappa shape index (κ2) is 11.9. The number of carboxylic acids is 1. The summed E-state index contributed by atoms with van der Waals surface area (Å²) in [6.07, 6.45) is 7.21. The van der Waals surface area contributed by atoms with Crippen LogP contribution < -0.4 is 9.47 Å². The molecule has 1 fully saturated rings. The maximum absolute atomic E-state index is 12.5. The number of fused-ring (bicyclic) bond motifs is 1. The number of ether oxygens (including phenoxy) is 3. The van der Waals surface area contributed by atoms with E-state index in [-0.39, 0.29) is 25.7 Å². The van der Waals surface area contributed by atoms with Gasteiger partial charge in [0.25, 0.3) is 0 Å². The SMILES string of the molecule is COc1ccc2c(c1OCc1cnccn1)C[C@@H](C(=O)O)N(C(O)[C@H](OC1CCCC1)c1ccccc1)C2. The molecule has 1 aliphatic carbocycles. The Balaban J connectivity index is 1.45. The highest BCUT2D eigenvalue weighted by atomic mass is 16.5. The maximum atomic E-state index is 12.5. The minimum atomic E-state index is -1.15. The van der Waals surface area contributed by atoms with Gasteiger partial charge < -0.3 is 24.4 Å². The molecule has 200 valence electrons. The molecule has 3 atom stereocenters. The number of benzene rings is 2. The molecule has 1 unspecified atom stereocenters. The Morgan fingerprint density at radius 1 is 1.13 bits per heavy atom. The van der Waals surface area contributed by atoms with E-state index in [1.165, 1.54) is 0 Å². The third-order valence-electron chi connectivity index (χ3n) is 7.34. The lowest BCUT2D eigenvalue weighted by Crippen LogP contribution is -2.53. The summed E-state index contributed by atoms with van der Waals surface area (Å²) < 4.78 is 18.1. The van der Waals surface area contributed by atoms with E-state index >= 15 is 0 Å². The summed E-state index contributed by atoms with van der Waals surface area (Å²) in [5, 5.41) is 21.9. The third kappa shape index (κ3) is 5.65. The molecular weight excluding hydrogens is 486 g/mol. The Kier molecular flexibility index (Phi) is 8.17. The van der Waals surface area contributed by atoms with E-state index in [9.17, 15) is 15.0 Å². The summed E-state index contributed by atoms with van der Waals surface area (Å²) in [5.41, 5.74) is 3.08. The molecule has 5 rings (SSSR count). The van der Waals surface area contributed by atoms with Gasteiger partial charge in [-0.15, -0.1) is 0 Å². The van der Waals surface area contributed by atoms with Crippen molar-refractivity contribution >= 4 is 5.97 Å². The van der Waals surface area contributed by atoms with Gasteiger partial charge in [-0.2, -0.15) is 0 Å². The summed E-state index contributed by atoms with van der Waals surface area (Å²) >= 11 is 0. The fourth-order valence-corrected chi connectivity index (χ4v) is 5.38. The molecule has 1 aromatic heterocycles. The zero-order chi connectivity index (χ0) is 26.5. The predicted molar refractivity (Wildman–Crippen MR) is 139 cm³/mol. The fraction of sp³-hybridized carbons (Fsp3) is 0.414. The van der Waals surface area contributed by atoms with Crippen LogP contribution in [0.4, 0.5) is 0 Å². The number of rotatable bonds is 10. The number of carboxylic acid groups (broad SMARTS) is 1. The van der Waals surface area contributed by atoms with Crippen LogP contribution in [0.1, 0.15) is 54.2 Å². The van der Waals surface area contributed by atoms with Crippen molar-refractivity contribution in [3.63, 3.8) is 0 Å². The van der Waals surface area contributed by atoms with Crippen LogP contribution in [0.15, 0.2) is 61.1 Å². The van der Waals surface area contributed by atoms with Gasteiger partial charge >= 0.3 is 5.97 Å². The number of nitrogens with zero attached hydrogens (tertiary/aromatic N) is 3. The van der Waals surface area contributed by atoms with Gasteiger partial charge in [0.1, 0.15) is 25.0 Å². The topological polar surface area (TPSA) is 114 Å². The molecule has 2 N–H and O–H groups in total. The normalized spacial score (nSPS) is 19.5. The number of hydrogen-bond acceptors (Lipinski definition) is 8. The highest BCUT2D eigenvalue weighted by Gasteiger charge is 2.41. The Morgan fingerprint density at radius 2 is 1.92 bits per heavy atom. The number of hydrogen-bond donors (Lipinski definition) is 2. The van der Waals surface area contributed by atoms with Crippen LogP contribution in [-0.2, 0) is 29.1 Å². The van der Waals surface area contributed by atoms with E-state index in [4.69, 9.17) is 14.2 Å². The second-order valence-electron chi connectivity index (χ2n) is 9.74. The monoisotopic (exact) mass is 519 g/mol. The molecule has 1 saturated carbocycles. The van der Waals surface area contributed by atoms with Gasteiger partial charge in [0, 0.05) is 30.9 Å². The fourth-order valence-electron chi connectivity index (χ4n) is 5.38. The first-order valence-electron chi connectivity index (χ1n) is 13.0. The van der Waals surface area contributed by atoms with Crippen LogP contribution in [0.25, 0.3) is 0 Å². The summed E-state index contributed by atoms with van der Waals surface area (Å²) in [6.45, 7) is 0.381. The highest BCUT2D eigenvalue weighted by Crippen LogP contribution is 2.41. The molecule has 2 heterocycles. The summed E-state index contributed by atoms with van der Waals surface area (Å²) in [6, 6.07) is 12.3. The first-order valence-corrected chi connectivity index (χ1v) is 13.0. The number of aliphatic hydroxyl groups is 1. The van der Waals surface area contributed by atoms with Crippen LogP contribution >= 0.6 is 0 Å². The lowest BCUT2D eigenvalue weighted by atomic mass is 9.91. The van der Waals surface area contributed by atoms with E-state index in [1.807, 2.05) is 36.4 Å². The molecule has 1 aliphatic heterocycles. The largest absolute Gasteiger partial charge is 0.493 e. The number of aliphatic hydroxyl groups excluding tert-OH is 1. The summed E-state index contributed by atoms with van der Waals surface area (Å²) in [7, 11) is 1.55.